The molecule has 0 rings (SSSR count). The number of rotatable bonds is 25. The van der Waals surface area contributed by atoms with E-state index in [2.05, 4.69) is 57.0 Å². The van der Waals surface area contributed by atoms with Crippen LogP contribution in [0.15, 0.2) is 0 Å². The van der Waals surface area contributed by atoms with Gasteiger partial charge in [-0.15, -0.1) is 0 Å². The van der Waals surface area contributed by atoms with Gasteiger partial charge in [0.05, 0.1) is 9.52 Å². The highest BCUT2D eigenvalue weighted by Crippen LogP contribution is 2.36. The maximum atomic E-state index is 7.03. The Morgan fingerprint density at radius 3 is 1.45 bits per heavy atom. The third-order valence-electron chi connectivity index (χ3n) is 7.55. The third kappa shape index (κ3) is 14.1. The Balaban J connectivity index is 5.33. The molecule has 0 fully saturated rings. The number of hydrogen-bond donors (Lipinski definition) is 0. The average molecular weight is 673 g/mol. The van der Waals surface area contributed by atoms with Crippen molar-refractivity contribution in [2.75, 3.05) is 77.0 Å². The summed E-state index contributed by atoms with van der Waals surface area (Å²) in [6, 6.07) is 4.23. The lowest BCUT2D eigenvalue weighted by Crippen LogP contribution is -2.59. The van der Waals surface area contributed by atoms with Gasteiger partial charge in [-0.1, -0.05) is 13.0 Å². The minimum atomic E-state index is -2.77. The van der Waals surface area contributed by atoms with Crippen LogP contribution in [0.2, 0.25) is 55.5 Å². The second-order valence-corrected chi connectivity index (χ2v) is 29.5. The molecule has 4 radical (unpaired) electrons. The summed E-state index contributed by atoms with van der Waals surface area (Å²) >= 11 is 0. The molecule has 0 saturated heterocycles. The van der Waals surface area contributed by atoms with Crippen LogP contribution >= 0.6 is 0 Å². The van der Waals surface area contributed by atoms with Gasteiger partial charge in [-0.25, -0.2) is 0 Å². The fourth-order valence-corrected chi connectivity index (χ4v) is 24.5. The number of nitrogens with zero attached hydrogens (tertiary/aromatic N) is 2. The highest BCUT2D eigenvalue weighted by atomic mass is 28.5. The molecule has 0 aliphatic carbocycles. The van der Waals surface area contributed by atoms with E-state index in [0.29, 0.717) is 5.79 Å². The van der Waals surface area contributed by atoms with E-state index in [1.165, 1.54) is 0 Å². The standard InChI is InChI=1S/C24H60N2O8Si6/c1-23(40(31-8,32-9)33-10)39(13,14)34-38(11,12)22-19-35-24(25(2)17-15-20-36(27-4)28-5)26(3)18-16-21-37(29-6)30-7/h23-24H,15-22H2,1-14H3. The Hall–Kier alpha value is 0.901. The quantitative estimate of drug-likeness (QED) is 0.106. The van der Waals surface area contributed by atoms with Crippen LogP contribution in [0.25, 0.3) is 0 Å². The van der Waals surface area contributed by atoms with Gasteiger partial charge in [0.2, 0.25) is 0 Å². The van der Waals surface area contributed by atoms with E-state index < -0.39 is 44.0 Å². The van der Waals surface area contributed by atoms with Crippen molar-refractivity contribution in [3.8, 4) is 0 Å². The average Bonchev–Trinajstić information content (AvgIpc) is 2.92. The molecule has 0 aliphatic rings. The van der Waals surface area contributed by atoms with E-state index in [1.807, 2.05) is 0 Å². The molecule has 238 valence electrons. The fourth-order valence-electron chi connectivity index (χ4n) is 4.97. The van der Waals surface area contributed by atoms with Crippen LogP contribution in [-0.4, -0.2) is 146 Å². The summed E-state index contributed by atoms with van der Waals surface area (Å²) in [5.74, 6) is 0.381. The smallest absolute Gasteiger partial charge is 0.455 e. The van der Waals surface area contributed by atoms with Crippen molar-refractivity contribution in [2.45, 2.75) is 81.1 Å². The molecule has 0 heterocycles. The Labute approximate surface area is 255 Å². The van der Waals surface area contributed by atoms with Crippen molar-refractivity contribution in [3.05, 3.63) is 0 Å². The first-order chi connectivity index (χ1) is 18.7. The molecule has 0 aliphatic heterocycles. The molecule has 0 N–H and O–H groups in total. The lowest BCUT2D eigenvalue weighted by Gasteiger charge is -2.42. The van der Waals surface area contributed by atoms with E-state index in [9.17, 15) is 0 Å². The SMILES string of the molecule is CO[Si](CCCN(C)C([Si]CC[Si](C)(C)O[Si](C)(C)C(C)[Si](OC)(OC)OC)N(C)CCC[Si](OC)OC)OC. The second kappa shape index (κ2) is 20.8. The Bertz CT molecular complexity index is 614. The summed E-state index contributed by atoms with van der Waals surface area (Å²) < 4.78 is 46.4. The third-order valence-corrected chi connectivity index (χ3v) is 26.9. The van der Waals surface area contributed by atoms with E-state index in [0.717, 1.165) is 59.6 Å². The molecule has 1 unspecified atom stereocenters. The van der Waals surface area contributed by atoms with Gasteiger partial charge in [0.15, 0.2) is 16.6 Å². The van der Waals surface area contributed by atoms with Crippen LogP contribution in [0.1, 0.15) is 19.8 Å². The van der Waals surface area contributed by atoms with Crippen LogP contribution in [0, 0.1) is 0 Å². The molecular weight excluding hydrogens is 613 g/mol. The lowest BCUT2D eigenvalue weighted by molar-refractivity contribution is 0.119. The van der Waals surface area contributed by atoms with Gasteiger partial charge >= 0.3 is 27.4 Å². The van der Waals surface area contributed by atoms with E-state index in [1.54, 1.807) is 49.8 Å². The van der Waals surface area contributed by atoms with Crippen molar-refractivity contribution in [3.63, 3.8) is 0 Å². The van der Waals surface area contributed by atoms with Gasteiger partial charge in [-0.3, -0.25) is 9.80 Å². The zero-order valence-electron chi connectivity index (χ0n) is 28.0. The first-order valence-corrected chi connectivity index (χ1v) is 26.3. The van der Waals surface area contributed by atoms with Gasteiger partial charge in [0, 0.05) is 60.7 Å². The highest BCUT2D eigenvalue weighted by molar-refractivity contribution is 6.93. The van der Waals surface area contributed by atoms with Crippen molar-refractivity contribution in [2.24, 2.45) is 0 Å². The Morgan fingerprint density at radius 2 is 1.10 bits per heavy atom. The van der Waals surface area contributed by atoms with Crippen LogP contribution in [0.3, 0.4) is 0 Å². The summed E-state index contributed by atoms with van der Waals surface area (Å²) in [4.78, 5) is 5.02. The van der Waals surface area contributed by atoms with Crippen LogP contribution in [-0.2, 0) is 35.1 Å². The maximum Gasteiger partial charge on any atom is 0.502 e. The zero-order valence-corrected chi connectivity index (χ0v) is 34.0. The van der Waals surface area contributed by atoms with Gasteiger partial charge in [0.25, 0.3) is 0 Å². The molecular formula is C24H60N2O8Si6. The lowest BCUT2D eigenvalue weighted by atomic mass is 10.4. The first kappa shape index (κ1) is 40.9. The Kier molecular flexibility index (Phi) is 21.3. The van der Waals surface area contributed by atoms with Gasteiger partial charge in [-0.2, -0.15) is 0 Å². The summed E-state index contributed by atoms with van der Waals surface area (Å²) in [6.07, 6.45) is 2.12. The Morgan fingerprint density at radius 1 is 0.700 bits per heavy atom. The van der Waals surface area contributed by atoms with Crippen LogP contribution < -0.4 is 0 Å². The molecule has 0 spiro atoms. The minimum Gasteiger partial charge on any atom is -0.455 e. The van der Waals surface area contributed by atoms with E-state index in [-0.39, 0.29) is 5.16 Å². The number of hydrogen-bond acceptors (Lipinski definition) is 10. The molecule has 0 aromatic carbocycles. The van der Waals surface area contributed by atoms with Gasteiger partial charge < -0.3 is 35.1 Å². The highest BCUT2D eigenvalue weighted by Gasteiger charge is 2.54. The predicted octanol–water partition coefficient (Wildman–Crippen LogP) is 3.83. The first-order valence-electron chi connectivity index (χ1n) is 14.1. The molecule has 16 heteroatoms. The summed E-state index contributed by atoms with van der Waals surface area (Å²) in [7, 11) is 8.18. The molecule has 0 bridgehead atoms. The van der Waals surface area contributed by atoms with Crippen LogP contribution in [0.5, 0.6) is 0 Å². The van der Waals surface area contributed by atoms with Crippen LogP contribution in [0.4, 0.5) is 0 Å². The molecule has 0 aromatic heterocycles. The molecule has 0 amide bonds. The van der Waals surface area contributed by atoms with Gasteiger partial charge in [0.1, 0.15) is 0 Å². The summed E-state index contributed by atoms with van der Waals surface area (Å²) in [5, 5.41) is 0.135. The summed E-state index contributed by atoms with van der Waals surface area (Å²) in [6.45, 7) is 13.5. The topological polar surface area (TPSA) is 80.3 Å². The van der Waals surface area contributed by atoms with Crippen molar-refractivity contribution >= 4 is 53.5 Å². The molecule has 0 aromatic rings. The second-order valence-electron chi connectivity index (χ2n) is 11.2. The molecule has 0 saturated carbocycles. The monoisotopic (exact) mass is 672 g/mol. The summed E-state index contributed by atoms with van der Waals surface area (Å²) in [5.41, 5.74) is 0. The zero-order chi connectivity index (χ0) is 31.0. The van der Waals surface area contributed by atoms with E-state index >= 15 is 0 Å². The van der Waals surface area contributed by atoms with Crippen molar-refractivity contribution in [1.82, 2.24) is 9.80 Å². The van der Waals surface area contributed by atoms with Gasteiger partial charge in [-0.05, 0) is 84.3 Å². The van der Waals surface area contributed by atoms with Crippen molar-refractivity contribution in [1.29, 1.82) is 0 Å². The largest absolute Gasteiger partial charge is 0.502 e. The molecule has 10 nitrogen and oxygen atoms in total. The normalized spacial score (nSPS) is 14.5. The molecule has 40 heavy (non-hydrogen) atoms. The van der Waals surface area contributed by atoms with E-state index in [4.69, 9.17) is 35.1 Å². The van der Waals surface area contributed by atoms with Crippen molar-refractivity contribution < 1.29 is 35.1 Å². The maximum absolute atomic E-state index is 7.03. The fraction of sp³-hybridized carbons (Fsp3) is 1.00. The molecule has 1 atom stereocenters. The minimum absolute atomic E-state index is 0.135. The predicted molar refractivity (Wildman–Crippen MR) is 175 cm³/mol.